The molecular formula is C18H23ClN2. The monoisotopic (exact) mass is 302 g/mol. The van der Waals surface area contributed by atoms with Crippen LogP contribution in [0.4, 0.5) is 5.69 Å². The summed E-state index contributed by atoms with van der Waals surface area (Å²) in [6.45, 7) is 6.23. The summed E-state index contributed by atoms with van der Waals surface area (Å²) in [7, 11) is 2.15. The number of anilines is 1. The maximum Gasteiger partial charge on any atom is 0.0406 e. The van der Waals surface area contributed by atoms with Crippen molar-refractivity contribution >= 4 is 17.3 Å². The number of halogens is 1. The summed E-state index contributed by atoms with van der Waals surface area (Å²) < 4.78 is 0. The van der Waals surface area contributed by atoms with E-state index < -0.39 is 0 Å². The van der Waals surface area contributed by atoms with Crippen LogP contribution in [-0.2, 0) is 0 Å². The van der Waals surface area contributed by atoms with Crippen molar-refractivity contribution in [1.29, 1.82) is 0 Å². The van der Waals surface area contributed by atoms with Crippen LogP contribution in [0.1, 0.15) is 24.1 Å². The third kappa shape index (κ3) is 4.76. The van der Waals surface area contributed by atoms with Crippen molar-refractivity contribution in [3.8, 4) is 0 Å². The highest BCUT2D eigenvalue weighted by Gasteiger charge is 2.10. The molecule has 0 aliphatic carbocycles. The van der Waals surface area contributed by atoms with Crippen LogP contribution < -0.4 is 5.32 Å². The predicted octanol–water partition coefficient (Wildman–Crippen LogP) is 4.75. The molecule has 2 rings (SSSR count). The lowest BCUT2D eigenvalue weighted by Gasteiger charge is -2.25. The molecule has 2 aromatic rings. The second-order valence-electron chi connectivity index (χ2n) is 5.50. The molecule has 1 atom stereocenters. The highest BCUT2D eigenvalue weighted by Crippen LogP contribution is 2.20. The Bertz CT molecular complexity index is 548. The average molecular weight is 303 g/mol. The van der Waals surface area contributed by atoms with Gasteiger partial charge in [-0.3, -0.25) is 4.90 Å². The molecular weight excluding hydrogens is 280 g/mol. The molecule has 1 unspecified atom stereocenters. The van der Waals surface area contributed by atoms with Crippen molar-refractivity contribution in [2.75, 3.05) is 25.5 Å². The fourth-order valence-electron chi connectivity index (χ4n) is 2.24. The summed E-state index contributed by atoms with van der Waals surface area (Å²) in [5.74, 6) is 0. The number of nitrogens with one attached hydrogen (secondary N) is 1. The zero-order valence-corrected chi connectivity index (χ0v) is 13.7. The molecule has 0 radical (unpaired) electrons. The number of hydrogen-bond donors (Lipinski definition) is 1. The quantitative estimate of drug-likeness (QED) is 0.828. The summed E-state index contributed by atoms with van der Waals surface area (Å²) in [5, 5.41) is 4.24. The molecule has 3 heteroatoms. The molecule has 0 saturated heterocycles. The molecule has 0 fully saturated rings. The molecule has 2 nitrogen and oxygen atoms in total. The van der Waals surface area contributed by atoms with E-state index in [1.165, 1.54) is 16.8 Å². The Morgan fingerprint density at radius 1 is 1.05 bits per heavy atom. The minimum Gasteiger partial charge on any atom is -0.384 e. The van der Waals surface area contributed by atoms with Gasteiger partial charge in [0.05, 0.1) is 0 Å². The molecule has 21 heavy (non-hydrogen) atoms. The van der Waals surface area contributed by atoms with Crippen molar-refractivity contribution in [1.82, 2.24) is 4.90 Å². The van der Waals surface area contributed by atoms with Crippen molar-refractivity contribution in [3.63, 3.8) is 0 Å². The second kappa shape index (κ2) is 7.48. The maximum atomic E-state index is 5.93. The zero-order chi connectivity index (χ0) is 15.2. The Labute approximate surface area is 132 Å². The molecule has 0 bridgehead atoms. The fraction of sp³-hybridized carbons (Fsp3) is 0.333. The number of nitrogens with zero attached hydrogens (tertiary/aromatic N) is 1. The van der Waals surface area contributed by atoms with Gasteiger partial charge in [0, 0.05) is 29.8 Å². The van der Waals surface area contributed by atoms with Crippen molar-refractivity contribution in [2.24, 2.45) is 0 Å². The normalized spacial score (nSPS) is 12.4. The van der Waals surface area contributed by atoms with Crippen LogP contribution in [0.3, 0.4) is 0 Å². The molecule has 0 spiro atoms. The van der Waals surface area contributed by atoms with Crippen molar-refractivity contribution in [3.05, 3.63) is 64.7 Å². The van der Waals surface area contributed by atoms with Gasteiger partial charge in [-0.1, -0.05) is 41.4 Å². The highest BCUT2D eigenvalue weighted by molar-refractivity contribution is 6.30. The van der Waals surface area contributed by atoms with Crippen LogP contribution in [0.15, 0.2) is 48.5 Å². The Kier molecular flexibility index (Phi) is 5.66. The Hall–Kier alpha value is -1.51. The molecule has 0 aliphatic heterocycles. The third-order valence-electron chi connectivity index (χ3n) is 3.86. The molecule has 0 aromatic heterocycles. The standard InChI is InChI=1S/C18H23ClN2/c1-14-4-10-18(11-5-14)20-12-13-21(3)15(2)16-6-8-17(19)9-7-16/h4-11,15,20H,12-13H2,1-3H3. The van der Waals surface area contributed by atoms with Gasteiger partial charge in [0.1, 0.15) is 0 Å². The molecule has 0 aliphatic rings. The summed E-state index contributed by atoms with van der Waals surface area (Å²) in [6.07, 6.45) is 0. The van der Waals surface area contributed by atoms with E-state index in [0.29, 0.717) is 6.04 Å². The Morgan fingerprint density at radius 2 is 1.67 bits per heavy atom. The van der Waals surface area contributed by atoms with Gasteiger partial charge in [-0.2, -0.15) is 0 Å². The predicted molar refractivity (Wildman–Crippen MR) is 92.2 cm³/mol. The van der Waals surface area contributed by atoms with Gasteiger partial charge < -0.3 is 5.32 Å². The van der Waals surface area contributed by atoms with E-state index in [0.717, 1.165) is 18.1 Å². The van der Waals surface area contributed by atoms with Gasteiger partial charge in [0.2, 0.25) is 0 Å². The van der Waals surface area contributed by atoms with E-state index in [1.807, 2.05) is 12.1 Å². The van der Waals surface area contributed by atoms with Crippen LogP contribution in [0.2, 0.25) is 5.02 Å². The highest BCUT2D eigenvalue weighted by atomic mass is 35.5. The van der Waals surface area contributed by atoms with Crippen molar-refractivity contribution in [2.45, 2.75) is 19.9 Å². The first-order chi connectivity index (χ1) is 10.1. The molecule has 0 saturated carbocycles. The van der Waals surface area contributed by atoms with Gasteiger partial charge >= 0.3 is 0 Å². The largest absolute Gasteiger partial charge is 0.384 e. The summed E-state index contributed by atoms with van der Waals surface area (Å²) in [5.41, 5.74) is 3.75. The van der Waals surface area contributed by atoms with Crippen LogP contribution >= 0.6 is 11.6 Å². The molecule has 0 amide bonds. The first kappa shape index (κ1) is 15.9. The number of rotatable bonds is 6. The Morgan fingerprint density at radius 3 is 2.29 bits per heavy atom. The molecule has 2 aromatic carbocycles. The van der Waals surface area contributed by atoms with Crippen LogP contribution in [0.25, 0.3) is 0 Å². The summed E-state index contributed by atoms with van der Waals surface area (Å²) >= 11 is 5.93. The van der Waals surface area contributed by atoms with Gasteiger partial charge in [0.25, 0.3) is 0 Å². The Balaban J connectivity index is 1.82. The maximum absolute atomic E-state index is 5.93. The summed E-state index contributed by atoms with van der Waals surface area (Å²) in [6, 6.07) is 17.0. The van der Waals surface area contributed by atoms with Gasteiger partial charge in [-0.05, 0) is 50.7 Å². The lowest BCUT2D eigenvalue weighted by molar-refractivity contribution is 0.271. The number of likely N-dealkylation sites (N-methyl/N-ethyl adjacent to an activating group) is 1. The van der Waals surface area contributed by atoms with E-state index >= 15 is 0 Å². The van der Waals surface area contributed by atoms with E-state index in [1.54, 1.807) is 0 Å². The minimum atomic E-state index is 0.377. The molecule has 112 valence electrons. The van der Waals surface area contributed by atoms with Crippen LogP contribution in [0, 0.1) is 6.92 Å². The third-order valence-corrected chi connectivity index (χ3v) is 4.11. The van der Waals surface area contributed by atoms with E-state index in [2.05, 4.69) is 67.5 Å². The smallest absolute Gasteiger partial charge is 0.0406 e. The first-order valence-corrected chi connectivity index (χ1v) is 7.70. The zero-order valence-electron chi connectivity index (χ0n) is 12.9. The molecule has 1 N–H and O–H groups in total. The van der Waals surface area contributed by atoms with Crippen LogP contribution in [0.5, 0.6) is 0 Å². The van der Waals surface area contributed by atoms with Crippen molar-refractivity contribution < 1.29 is 0 Å². The summed E-state index contributed by atoms with van der Waals surface area (Å²) in [4.78, 5) is 2.34. The first-order valence-electron chi connectivity index (χ1n) is 7.32. The second-order valence-corrected chi connectivity index (χ2v) is 5.94. The topological polar surface area (TPSA) is 15.3 Å². The van der Waals surface area contributed by atoms with Gasteiger partial charge in [-0.15, -0.1) is 0 Å². The minimum absolute atomic E-state index is 0.377. The number of aryl methyl sites for hydroxylation is 1. The number of hydrogen-bond acceptors (Lipinski definition) is 2. The molecule has 0 heterocycles. The number of benzene rings is 2. The van der Waals surface area contributed by atoms with E-state index in [-0.39, 0.29) is 0 Å². The SMILES string of the molecule is Cc1ccc(NCCN(C)C(C)c2ccc(Cl)cc2)cc1. The van der Waals surface area contributed by atoms with Gasteiger partial charge in [0.15, 0.2) is 0 Å². The lowest BCUT2D eigenvalue weighted by Crippen LogP contribution is -2.28. The fourth-order valence-corrected chi connectivity index (χ4v) is 2.36. The van der Waals surface area contributed by atoms with E-state index in [4.69, 9.17) is 11.6 Å². The average Bonchev–Trinajstić information content (AvgIpc) is 2.49. The van der Waals surface area contributed by atoms with E-state index in [9.17, 15) is 0 Å². The van der Waals surface area contributed by atoms with Gasteiger partial charge in [-0.25, -0.2) is 0 Å². The lowest BCUT2D eigenvalue weighted by atomic mass is 10.1. The van der Waals surface area contributed by atoms with Crippen LogP contribution in [-0.4, -0.2) is 25.0 Å².